The number of hydrogen-bond donors (Lipinski definition) is 1. The van der Waals surface area contributed by atoms with Gasteiger partial charge in [0.05, 0.1) is 0 Å². The van der Waals surface area contributed by atoms with E-state index in [4.69, 9.17) is 4.74 Å². The van der Waals surface area contributed by atoms with Crippen LogP contribution in [0.4, 0.5) is 0 Å². The lowest BCUT2D eigenvalue weighted by Gasteiger charge is -2.16. The maximum Gasteiger partial charge on any atom is 0.292 e. The first-order valence-electron chi connectivity index (χ1n) is 8.59. The summed E-state index contributed by atoms with van der Waals surface area (Å²) in [5.74, 6) is 0.162. The number of rotatable bonds is 6. The third-order valence-corrected chi connectivity index (χ3v) is 4.61. The zero-order chi connectivity index (χ0) is 18.0. The van der Waals surface area contributed by atoms with E-state index in [-0.39, 0.29) is 6.61 Å². The molecule has 1 fully saturated rings. The molecular weight excluding hydrogens is 314 g/mol. The molecule has 0 radical (unpaired) electrons. The first kappa shape index (κ1) is 17.2. The van der Waals surface area contributed by atoms with Gasteiger partial charge < -0.3 is 10.1 Å². The predicted molar refractivity (Wildman–Crippen MR) is 97.1 cm³/mol. The smallest absolute Gasteiger partial charge is 0.292 e. The van der Waals surface area contributed by atoms with Crippen LogP contribution < -0.4 is 10.1 Å². The van der Waals surface area contributed by atoms with Crippen molar-refractivity contribution in [3.8, 4) is 5.75 Å². The lowest BCUT2D eigenvalue weighted by Crippen LogP contribution is -2.28. The Morgan fingerprint density at radius 3 is 2.56 bits per heavy atom. The Bertz CT molecular complexity index is 822. The fraction of sp³-hybridized carbons (Fsp3) is 0.333. The van der Waals surface area contributed by atoms with Gasteiger partial charge in [0.2, 0.25) is 0 Å². The Balaban J connectivity index is 1.92. The van der Waals surface area contributed by atoms with Gasteiger partial charge in [-0.2, -0.15) is 0 Å². The number of likely N-dealkylation sites (N-methyl/N-ethyl adjacent to an activating group) is 1. The fourth-order valence-electron chi connectivity index (χ4n) is 3.10. The highest BCUT2D eigenvalue weighted by Gasteiger charge is 2.29. The van der Waals surface area contributed by atoms with E-state index in [1.54, 1.807) is 6.07 Å². The van der Waals surface area contributed by atoms with Crippen LogP contribution >= 0.6 is 0 Å². The van der Waals surface area contributed by atoms with Crippen molar-refractivity contribution in [2.45, 2.75) is 39.2 Å². The largest absolute Gasteiger partial charge is 0.489 e. The number of ketones is 1. The average molecular weight is 337 g/mol. The van der Waals surface area contributed by atoms with Gasteiger partial charge in [-0.05, 0) is 49.8 Å². The van der Waals surface area contributed by atoms with Crippen LogP contribution in [0.2, 0.25) is 0 Å². The minimum absolute atomic E-state index is 0.286. The van der Waals surface area contributed by atoms with Crippen LogP contribution in [0.5, 0.6) is 5.75 Å². The van der Waals surface area contributed by atoms with Gasteiger partial charge in [-0.3, -0.25) is 9.59 Å². The van der Waals surface area contributed by atoms with Gasteiger partial charge in [-0.25, -0.2) is 0 Å². The van der Waals surface area contributed by atoms with E-state index in [1.165, 1.54) is 12.6 Å². The van der Waals surface area contributed by atoms with Crippen molar-refractivity contribution in [2.24, 2.45) is 0 Å². The van der Waals surface area contributed by atoms with Gasteiger partial charge in [-0.15, -0.1) is 0 Å². The van der Waals surface area contributed by atoms with E-state index < -0.39 is 11.7 Å². The highest BCUT2D eigenvalue weighted by molar-refractivity contribution is 6.43. The minimum atomic E-state index is -0.597. The summed E-state index contributed by atoms with van der Waals surface area (Å²) in [5, 5.41) is 2.41. The molecule has 2 aromatic carbocycles. The van der Waals surface area contributed by atoms with E-state index in [1.807, 2.05) is 38.1 Å². The van der Waals surface area contributed by atoms with E-state index in [0.29, 0.717) is 11.5 Å². The van der Waals surface area contributed by atoms with Crippen molar-refractivity contribution in [3.05, 3.63) is 64.2 Å². The molecule has 0 aromatic heterocycles. The zero-order valence-electron chi connectivity index (χ0n) is 14.9. The van der Waals surface area contributed by atoms with E-state index in [9.17, 15) is 9.59 Å². The number of carbonyl (C=O) groups is 2. The summed E-state index contributed by atoms with van der Waals surface area (Å²) >= 11 is 0. The molecule has 0 heterocycles. The van der Waals surface area contributed by atoms with Crippen LogP contribution in [0.3, 0.4) is 0 Å². The third kappa shape index (κ3) is 3.73. The van der Waals surface area contributed by atoms with Gasteiger partial charge in [0.15, 0.2) is 0 Å². The summed E-state index contributed by atoms with van der Waals surface area (Å²) in [6.07, 6.45) is 2.24. The quantitative estimate of drug-likeness (QED) is 0.646. The highest BCUT2D eigenvalue weighted by atomic mass is 16.5. The Kier molecular flexibility index (Phi) is 4.88. The zero-order valence-corrected chi connectivity index (χ0v) is 14.9. The van der Waals surface area contributed by atoms with E-state index in [0.717, 1.165) is 35.3 Å². The number of ether oxygens (including phenoxy) is 1. The van der Waals surface area contributed by atoms with Crippen molar-refractivity contribution in [3.63, 3.8) is 0 Å². The van der Waals surface area contributed by atoms with Gasteiger partial charge in [0.1, 0.15) is 12.4 Å². The second-order valence-corrected chi connectivity index (χ2v) is 6.61. The number of aryl methyl sites for hydroxylation is 2. The van der Waals surface area contributed by atoms with Crippen LogP contribution in [0.1, 0.15) is 51.4 Å². The van der Waals surface area contributed by atoms with Crippen LogP contribution in [0.25, 0.3) is 0 Å². The molecule has 0 unspecified atom stereocenters. The molecule has 2 aromatic rings. The Morgan fingerprint density at radius 1 is 1.16 bits per heavy atom. The summed E-state index contributed by atoms with van der Waals surface area (Å²) in [6.45, 7) is 4.33. The van der Waals surface area contributed by atoms with Gasteiger partial charge in [0.25, 0.3) is 11.7 Å². The number of amides is 1. The van der Waals surface area contributed by atoms with E-state index in [2.05, 4.69) is 11.4 Å². The van der Waals surface area contributed by atoms with Crippen LogP contribution in [0, 0.1) is 13.8 Å². The fourth-order valence-corrected chi connectivity index (χ4v) is 3.10. The summed E-state index contributed by atoms with van der Waals surface area (Å²) in [4.78, 5) is 24.3. The SMILES string of the molecule is CNC(=O)C(=O)c1cccc(C2CC2)c1COc1ccc(C)cc1C. The molecule has 130 valence electrons. The first-order chi connectivity index (χ1) is 12.0. The molecule has 4 nitrogen and oxygen atoms in total. The van der Waals surface area contributed by atoms with Crippen LogP contribution in [0.15, 0.2) is 36.4 Å². The molecule has 1 saturated carbocycles. The molecule has 1 amide bonds. The molecule has 1 aliphatic carbocycles. The molecule has 0 bridgehead atoms. The Labute approximate surface area is 148 Å². The maximum atomic E-state index is 12.4. The highest BCUT2D eigenvalue weighted by Crippen LogP contribution is 2.42. The molecule has 3 rings (SSSR count). The number of benzene rings is 2. The third-order valence-electron chi connectivity index (χ3n) is 4.61. The standard InChI is InChI=1S/C21H23NO3/c1-13-7-10-19(14(2)11-13)25-12-18-16(15-8-9-15)5-4-6-17(18)20(23)21(24)22-3/h4-7,10-11,15H,8-9,12H2,1-3H3,(H,22,24). The molecule has 0 spiro atoms. The molecule has 0 atom stereocenters. The summed E-state index contributed by atoms with van der Waals surface area (Å²) < 4.78 is 6.02. The molecule has 25 heavy (non-hydrogen) atoms. The normalized spacial score (nSPS) is 13.4. The second-order valence-electron chi connectivity index (χ2n) is 6.61. The summed E-state index contributed by atoms with van der Waals surface area (Å²) in [5.41, 5.74) is 4.63. The number of Topliss-reactive ketones (excluding diaryl/α,β-unsaturated/α-hetero) is 1. The molecular formula is C21H23NO3. The lowest BCUT2D eigenvalue weighted by atomic mass is 9.95. The Morgan fingerprint density at radius 2 is 1.92 bits per heavy atom. The Hall–Kier alpha value is -2.62. The van der Waals surface area contributed by atoms with Gasteiger partial charge in [0, 0.05) is 18.2 Å². The predicted octanol–water partition coefficient (Wildman–Crippen LogP) is 3.69. The molecule has 4 heteroatoms. The number of hydrogen-bond acceptors (Lipinski definition) is 3. The molecule has 0 saturated heterocycles. The van der Waals surface area contributed by atoms with E-state index >= 15 is 0 Å². The van der Waals surface area contributed by atoms with Gasteiger partial charge in [-0.1, -0.05) is 35.9 Å². The first-order valence-corrected chi connectivity index (χ1v) is 8.59. The summed E-state index contributed by atoms with van der Waals surface area (Å²) in [7, 11) is 1.47. The van der Waals surface area contributed by atoms with Crippen molar-refractivity contribution in [1.29, 1.82) is 0 Å². The van der Waals surface area contributed by atoms with Crippen LogP contribution in [-0.2, 0) is 11.4 Å². The monoisotopic (exact) mass is 337 g/mol. The second kappa shape index (κ2) is 7.09. The lowest BCUT2D eigenvalue weighted by molar-refractivity contribution is -0.116. The summed E-state index contributed by atoms with van der Waals surface area (Å²) in [6, 6.07) is 11.6. The molecule has 1 aliphatic rings. The van der Waals surface area contributed by atoms with Gasteiger partial charge >= 0.3 is 0 Å². The van der Waals surface area contributed by atoms with Crippen molar-refractivity contribution in [1.82, 2.24) is 5.32 Å². The minimum Gasteiger partial charge on any atom is -0.489 e. The van der Waals surface area contributed by atoms with Crippen molar-refractivity contribution >= 4 is 11.7 Å². The van der Waals surface area contributed by atoms with Crippen molar-refractivity contribution in [2.75, 3.05) is 7.05 Å². The number of nitrogens with one attached hydrogen (secondary N) is 1. The van der Waals surface area contributed by atoms with Crippen LogP contribution in [-0.4, -0.2) is 18.7 Å². The maximum absolute atomic E-state index is 12.4. The topological polar surface area (TPSA) is 55.4 Å². The van der Waals surface area contributed by atoms with Crippen molar-refractivity contribution < 1.29 is 14.3 Å². The number of carbonyl (C=O) groups excluding carboxylic acids is 2. The molecule has 1 N–H and O–H groups in total. The average Bonchev–Trinajstić information content (AvgIpc) is 3.44. The molecule has 0 aliphatic heterocycles.